The number of hydrogen-bond acceptors (Lipinski definition) is 4. The number of aromatic hydroxyl groups is 1. The number of esters is 1. The molecule has 7 heteroatoms. The number of phenols is 1. The Hall–Kier alpha value is -2.34. The Balaban J connectivity index is 2.19. The summed E-state index contributed by atoms with van der Waals surface area (Å²) in [6.07, 6.45) is 0. The van der Waals surface area contributed by atoms with Gasteiger partial charge >= 0.3 is 5.97 Å². The van der Waals surface area contributed by atoms with Gasteiger partial charge in [-0.3, -0.25) is 0 Å². The first kappa shape index (κ1) is 16.0. The van der Waals surface area contributed by atoms with Gasteiger partial charge in [0.25, 0.3) is 0 Å². The molecule has 4 nitrogen and oxygen atoms in total. The van der Waals surface area contributed by atoms with Crippen molar-refractivity contribution in [2.24, 2.45) is 0 Å². The van der Waals surface area contributed by atoms with Crippen LogP contribution in [0.25, 0.3) is 0 Å². The summed E-state index contributed by atoms with van der Waals surface area (Å²) >= 11 is 5.63. The van der Waals surface area contributed by atoms with E-state index >= 15 is 0 Å². The van der Waals surface area contributed by atoms with Crippen LogP contribution in [0.15, 0.2) is 30.3 Å². The molecule has 0 aliphatic heterocycles. The second-order valence-corrected chi connectivity index (χ2v) is 4.81. The van der Waals surface area contributed by atoms with Gasteiger partial charge in [0.1, 0.15) is 17.4 Å². The van der Waals surface area contributed by atoms with Crippen molar-refractivity contribution < 1.29 is 23.4 Å². The first-order chi connectivity index (χ1) is 10.4. The molecule has 0 saturated heterocycles. The van der Waals surface area contributed by atoms with Gasteiger partial charge in [-0.2, -0.15) is 0 Å². The third-order valence-corrected chi connectivity index (χ3v) is 3.31. The van der Waals surface area contributed by atoms with Gasteiger partial charge in [-0.15, -0.1) is 0 Å². The smallest absolute Gasteiger partial charge is 0.337 e. The van der Waals surface area contributed by atoms with Gasteiger partial charge in [-0.1, -0.05) is 11.6 Å². The summed E-state index contributed by atoms with van der Waals surface area (Å²) in [6, 6.07) is 6.16. The normalized spacial score (nSPS) is 10.4. The fraction of sp³-hybridized carbons (Fsp3) is 0.133. The molecule has 0 aromatic heterocycles. The molecule has 116 valence electrons. The summed E-state index contributed by atoms with van der Waals surface area (Å²) in [7, 11) is 1.19. The molecule has 0 amide bonds. The van der Waals surface area contributed by atoms with E-state index in [4.69, 9.17) is 11.6 Å². The molecule has 0 heterocycles. The van der Waals surface area contributed by atoms with Crippen LogP contribution >= 0.6 is 11.6 Å². The van der Waals surface area contributed by atoms with Gasteiger partial charge in [0, 0.05) is 6.54 Å². The zero-order valence-corrected chi connectivity index (χ0v) is 12.2. The van der Waals surface area contributed by atoms with Crippen molar-refractivity contribution >= 4 is 23.3 Å². The first-order valence-electron chi connectivity index (χ1n) is 6.21. The number of anilines is 1. The van der Waals surface area contributed by atoms with Gasteiger partial charge in [0.15, 0.2) is 0 Å². The van der Waals surface area contributed by atoms with Gasteiger partial charge in [0.2, 0.25) is 0 Å². The molecule has 2 rings (SSSR count). The Labute approximate surface area is 130 Å². The molecule has 0 aliphatic rings. The van der Waals surface area contributed by atoms with Crippen LogP contribution < -0.4 is 5.32 Å². The number of methoxy groups -OCH3 is 1. The maximum atomic E-state index is 13.9. The molecule has 0 bridgehead atoms. The van der Waals surface area contributed by atoms with Gasteiger partial charge in [0.05, 0.1) is 28.9 Å². The number of phenolic OH excluding ortho intramolecular Hbond substituents is 1. The summed E-state index contributed by atoms with van der Waals surface area (Å²) < 4.78 is 32.2. The summed E-state index contributed by atoms with van der Waals surface area (Å²) in [4.78, 5) is 11.3. The largest absolute Gasteiger partial charge is 0.507 e. The molecule has 2 N–H and O–H groups in total. The number of carbonyl (C=O) groups is 1. The Morgan fingerprint density at radius 2 is 2.05 bits per heavy atom. The minimum absolute atomic E-state index is 0.0476. The molecule has 0 unspecified atom stereocenters. The number of ether oxygens (including phenoxy) is 1. The standard InChI is InChI=1S/C15H12ClF2NO3/c1-22-15(21)8-2-4-12(11(17)6-8)19-7-9-13(20)5-3-10(16)14(9)18/h2-6,19-20H,7H2,1H3. The zero-order chi connectivity index (χ0) is 16.3. The van der Waals surface area contributed by atoms with E-state index in [0.29, 0.717) is 0 Å². The Morgan fingerprint density at radius 3 is 2.68 bits per heavy atom. The third-order valence-electron chi connectivity index (χ3n) is 3.02. The summed E-state index contributed by atoms with van der Waals surface area (Å²) in [5, 5.41) is 12.1. The average Bonchev–Trinajstić information content (AvgIpc) is 2.51. The molecule has 0 aliphatic carbocycles. The van der Waals surface area contributed by atoms with E-state index in [-0.39, 0.29) is 34.1 Å². The van der Waals surface area contributed by atoms with Crippen LogP contribution in [0.4, 0.5) is 14.5 Å². The van der Waals surface area contributed by atoms with Crippen molar-refractivity contribution in [2.75, 3.05) is 12.4 Å². The van der Waals surface area contributed by atoms with Crippen molar-refractivity contribution in [1.82, 2.24) is 0 Å². The quantitative estimate of drug-likeness (QED) is 0.840. The number of benzene rings is 2. The molecule has 0 radical (unpaired) electrons. The maximum absolute atomic E-state index is 13.9. The topological polar surface area (TPSA) is 58.6 Å². The molecule has 2 aromatic rings. The highest BCUT2D eigenvalue weighted by atomic mass is 35.5. The predicted molar refractivity (Wildman–Crippen MR) is 78.1 cm³/mol. The van der Waals surface area contributed by atoms with Crippen LogP contribution in [0, 0.1) is 11.6 Å². The van der Waals surface area contributed by atoms with Gasteiger partial charge in [-0.25, -0.2) is 13.6 Å². The lowest BCUT2D eigenvalue weighted by molar-refractivity contribution is 0.0600. The molecule has 0 fully saturated rings. The average molecular weight is 328 g/mol. The fourth-order valence-electron chi connectivity index (χ4n) is 1.84. The van der Waals surface area contributed by atoms with E-state index in [1.54, 1.807) is 0 Å². The van der Waals surface area contributed by atoms with E-state index < -0.39 is 17.6 Å². The number of carbonyl (C=O) groups excluding carboxylic acids is 1. The van der Waals surface area contributed by atoms with E-state index in [1.807, 2.05) is 0 Å². The van der Waals surface area contributed by atoms with Crippen LogP contribution in [0.2, 0.25) is 5.02 Å². The molecular formula is C15H12ClF2NO3. The predicted octanol–water partition coefficient (Wildman–Crippen LogP) is 3.72. The third kappa shape index (κ3) is 3.28. The van der Waals surface area contributed by atoms with Gasteiger partial charge < -0.3 is 15.2 Å². The minimum Gasteiger partial charge on any atom is -0.507 e. The molecule has 0 atom stereocenters. The summed E-state index contributed by atoms with van der Waals surface area (Å²) in [6.45, 7) is -0.174. The SMILES string of the molecule is COC(=O)c1ccc(NCc2c(O)ccc(Cl)c2F)c(F)c1. The first-order valence-corrected chi connectivity index (χ1v) is 6.59. The van der Waals surface area contributed by atoms with Crippen molar-refractivity contribution in [1.29, 1.82) is 0 Å². The Bertz CT molecular complexity index is 722. The second-order valence-electron chi connectivity index (χ2n) is 4.40. The lowest BCUT2D eigenvalue weighted by Crippen LogP contribution is -2.06. The van der Waals surface area contributed by atoms with Crippen LogP contribution in [-0.2, 0) is 11.3 Å². The highest BCUT2D eigenvalue weighted by Crippen LogP contribution is 2.27. The van der Waals surface area contributed by atoms with Gasteiger partial charge in [-0.05, 0) is 30.3 Å². The number of rotatable bonds is 4. The minimum atomic E-state index is -0.777. The van der Waals surface area contributed by atoms with Crippen LogP contribution in [0.5, 0.6) is 5.75 Å². The van der Waals surface area contributed by atoms with Crippen LogP contribution in [-0.4, -0.2) is 18.2 Å². The van der Waals surface area contributed by atoms with E-state index in [9.17, 15) is 18.7 Å². The van der Waals surface area contributed by atoms with Crippen molar-refractivity contribution in [3.05, 3.63) is 58.1 Å². The summed E-state index contributed by atoms with van der Waals surface area (Å²) in [5.41, 5.74) is 0.0257. The zero-order valence-electron chi connectivity index (χ0n) is 11.5. The Morgan fingerprint density at radius 1 is 1.32 bits per heavy atom. The maximum Gasteiger partial charge on any atom is 0.337 e. The lowest BCUT2D eigenvalue weighted by atomic mass is 10.1. The highest BCUT2D eigenvalue weighted by Gasteiger charge is 2.14. The highest BCUT2D eigenvalue weighted by molar-refractivity contribution is 6.30. The summed E-state index contributed by atoms with van der Waals surface area (Å²) in [5.74, 6) is -2.43. The lowest BCUT2D eigenvalue weighted by Gasteiger charge is -2.11. The molecular weight excluding hydrogens is 316 g/mol. The molecule has 2 aromatic carbocycles. The van der Waals surface area contributed by atoms with E-state index in [2.05, 4.69) is 10.1 Å². The van der Waals surface area contributed by atoms with Crippen molar-refractivity contribution in [3.8, 4) is 5.75 Å². The number of halogens is 3. The second kappa shape index (κ2) is 6.62. The molecule has 0 saturated carbocycles. The number of nitrogens with one attached hydrogen (secondary N) is 1. The van der Waals surface area contributed by atoms with Crippen LogP contribution in [0.3, 0.4) is 0 Å². The van der Waals surface area contributed by atoms with E-state index in [1.165, 1.54) is 31.4 Å². The monoisotopic (exact) mass is 327 g/mol. The number of hydrogen-bond donors (Lipinski definition) is 2. The fourth-order valence-corrected chi connectivity index (χ4v) is 2.01. The van der Waals surface area contributed by atoms with Crippen molar-refractivity contribution in [2.45, 2.75) is 6.54 Å². The molecule has 22 heavy (non-hydrogen) atoms. The molecule has 0 spiro atoms. The Kier molecular flexibility index (Phi) is 4.82. The van der Waals surface area contributed by atoms with Crippen LogP contribution in [0.1, 0.15) is 15.9 Å². The van der Waals surface area contributed by atoms with Crippen molar-refractivity contribution in [3.63, 3.8) is 0 Å². The van der Waals surface area contributed by atoms with E-state index in [0.717, 1.165) is 6.07 Å².